The number of fused-ring (bicyclic) bond motifs is 1. The van der Waals surface area contributed by atoms with Gasteiger partial charge in [-0.25, -0.2) is 0 Å². The van der Waals surface area contributed by atoms with Crippen molar-refractivity contribution in [1.29, 1.82) is 0 Å². The molecule has 0 bridgehead atoms. The Bertz CT molecular complexity index is 1170. The second-order valence-electron chi connectivity index (χ2n) is 7.70. The van der Waals surface area contributed by atoms with Crippen LogP contribution in [0.3, 0.4) is 0 Å². The predicted octanol–water partition coefficient (Wildman–Crippen LogP) is -3.32. The Morgan fingerprint density at radius 3 is 2.76 bits per heavy atom. The smallest absolute Gasteiger partial charge is 0.407 e. The SMILES string of the molecule is CN(C)C(=O)C[NH2+]C/C=C/C1=C(C(=O)[O-])N2C(=O)[C@@H](NC(=O)/C(=N\OC(F)F)c3nsc(N)n3)[C@H]2SC1. The number of carboxylic acids is 1. The Hall–Kier alpha value is -3.64. The number of thioether (sulfide) groups is 1. The van der Waals surface area contributed by atoms with Crippen LogP contribution in [0.2, 0.25) is 0 Å². The van der Waals surface area contributed by atoms with E-state index in [9.17, 15) is 33.1 Å². The van der Waals surface area contributed by atoms with Crippen LogP contribution in [-0.2, 0) is 24.0 Å². The first-order valence-electron chi connectivity index (χ1n) is 10.5. The maximum Gasteiger partial charge on any atom is 0.407 e. The molecule has 1 aromatic heterocycles. The molecule has 1 fully saturated rings. The van der Waals surface area contributed by atoms with E-state index >= 15 is 0 Å². The number of nitrogens with zero attached hydrogens (tertiary/aromatic N) is 5. The fraction of sp³-hybridized carbons (Fsp3) is 0.421. The summed E-state index contributed by atoms with van der Waals surface area (Å²) in [4.78, 5) is 59.0. The first kappa shape index (κ1) is 27.9. The number of nitrogens with one attached hydrogen (secondary N) is 1. The standard InChI is InChI=1S/C19H22F2N8O6S2/c1-28(2)9(30)6-23-5-3-4-8-7-36-16-11(15(32)29(16)12(8)17(33)34)24-14(31)10(26-35-18(20)21)13-25-19(22)37-27-13/h3-4,11,16,18,23H,5-7H2,1-2H3,(H,24,31)(H,33,34)(H2,22,25,27)/b4-3+,26-10-/t11-,16-/m1/s1. The van der Waals surface area contributed by atoms with Gasteiger partial charge < -0.3 is 36.0 Å². The van der Waals surface area contributed by atoms with Crippen molar-refractivity contribution in [1.82, 2.24) is 24.5 Å². The molecular formula is C19H22F2N8O6S2. The number of β-lactam (4-membered cyclic amide) rings is 1. The van der Waals surface area contributed by atoms with Crippen LogP contribution in [0.15, 0.2) is 28.6 Å². The van der Waals surface area contributed by atoms with Crippen LogP contribution < -0.4 is 21.5 Å². The van der Waals surface area contributed by atoms with E-state index < -0.39 is 41.5 Å². The van der Waals surface area contributed by atoms with E-state index in [0.717, 1.165) is 4.90 Å². The Morgan fingerprint density at radius 1 is 1.43 bits per heavy atom. The van der Waals surface area contributed by atoms with E-state index in [1.165, 1.54) is 22.7 Å². The van der Waals surface area contributed by atoms with Gasteiger partial charge in [-0.05, 0) is 11.6 Å². The Kier molecular flexibility index (Phi) is 9.11. The fourth-order valence-electron chi connectivity index (χ4n) is 3.27. The van der Waals surface area contributed by atoms with Crippen LogP contribution in [0.1, 0.15) is 5.82 Å². The maximum atomic E-state index is 12.8. The summed E-state index contributed by atoms with van der Waals surface area (Å²) in [7, 11) is 3.27. The number of nitrogens with two attached hydrogens (primary N) is 2. The van der Waals surface area contributed by atoms with Gasteiger partial charge in [0.15, 0.2) is 11.7 Å². The zero-order valence-corrected chi connectivity index (χ0v) is 21.1. The molecule has 0 aliphatic carbocycles. The highest BCUT2D eigenvalue weighted by Gasteiger charge is 2.53. The fourth-order valence-corrected chi connectivity index (χ4v) is 5.03. The predicted molar refractivity (Wildman–Crippen MR) is 124 cm³/mol. The number of anilines is 1. The summed E-state index contributed by atoms with van der Waals surface area (Å²) < 4.78 is 28.7. The van der Waals surface area contributed by atoms with Crippen molar-refractivity contribution in [3.63, 3.8) is 0 Å². The van der Waals surface area contributed by atoms with Gasteiger partial charge in [-0.1, -0.05) is 11.2 Å². The van der Waals surface area contributed by atoms with Crippen molar-refractivity contribution in [2.45, 2.75) is 18.0 Å². The number of quaternary nitrogens is 1. The average molecular weight is 561 g/mol. The number of nitrogen functional groups attached to an aromatic ring is 1. The summed E-state index contributed by atoms with van der Waals surface area (Å²) in [6, 6.07) is -1.18. The highest BCUT2D eigenvalue weighted by molar-refractivity contribution is 8.00. The molecule has 2 atom stereocenters. The highest BCUT2D eigenvalue weighted by atomic mass is 32.2. The number of halogens is 2. The van der Waals surface area contributed by atoms with Crippen molar-refractivity contribution >= 4 is 57.8 Å². The van der Waals surface area contributed by atoms with Gasteiger partial charge in [-0.2, -0.15) is 18.1 Å². The van der Waals surface area contributed by atoms with Crippen LogP contribution in [0.25, 0.3) is 0 Å². The summed E-state index contributed by atoms with van der Waals surface area (Å²) in [5.74, 6) is -3.71. The number of alkyl halides is 2. The van der Waals surface area contributed by atoms with Gasteiger partial charge in [-0.15, -0.1) is 11.8 Å². The quantitative estimate of drug-likeness (QED) is 0.106. The number of oxime groups is 1. The average Bonchev–Trinajstić information content (AvgIpc) is 3.26. The largest absolute Gasteiger partial charge is 0.543 e. The maximum absolute atomic E-state index is 12.8. The van der Waals surface area contributed by atoms with Crippen molar-refractivity contribution in [2.24, 2.45) is 5.16 Å². The molecule has 0 saturated carbocycles. The van der Waals surface area contributed by atoms with Crippen molar-refractivity contribution in [2.75, 3.05) is 38.7 Å². The summed E-state index contributed by atoms with van der Waals surface area (Å²) in [6.45, 7) is -2.73. The van der Waals surface area contributed by atoms with Gasteiger partial charge in [0.05, 0.1) is 18.2 Å². The van der Waals surface area contributed by atoms with Gasteiger partial charge >= 0.3 is 6.61 Å². The third-order valence-electron chi connectivity index (χ3n) is 5.01. The molecule has 5 N–H and O–H groups in total. The van der Waals surface area contributed by atoms with Crippen molar-refractivity contribution < 1.29 is 43.2 Å². The number of rotatable bonds is 11. The monoisotopic (exact) mass is 560 g/mol. The van der Waals surface area contributed by atoms with Gasteiger partial charge in [-0.3, -0.25) is 19.3 Å². The van der Waals surface area contributed by atoms with E-state index in [1.54, 1.807) is 25.5 Å². The number of aromatic nitrogens is 2. The summed E-state index contributed by atoms with van der Waals surface area (Å²) in [5.41, 5.74) is 4.71. The van der Waals surface area contributed by atoms with E-state index in [2.05, 4.69) is 24.7 Å². The molecule has 1 saturated heterocycles. The van der Waals surface area contributed by atoms with Crippen LogP contribution >= 0.6 is 23.3 Å². The van der Waals surface area contributed by atoms with Gasteiger partial charge in [0.2, 0.25) is 11.5 Å². The molecule has 14 nitrogen and oxygen atoms in total. The van der Waals surface area contributed by atoms with E-state index in [1.807, 2.05) is 0 Å². The minimum Gasteiger partial charge on any atom is -0.543 e. The molecule has 2 aliphatic heterocycles. The zero-order chi connectivity index (χ0) is 27.3. The second kappa shape index (κ2) is 12.1. The van der Waals surface area contributed by atoms with Crippen LogP contribution in [-0.4, -0.2) is 99.5 Å². The van der Waals surface area contributed by atoms with Crippen molar-refractivity contribution in [3.05, 3.63) is 29.2 Å². The number of amides is 3. The lowest BCUT2D eigenvalue weighted by molar-refractivity contribution is -0.635. The van der Waals surface area contributed by atoms with Gasteiger partial charge in [0, 0.05) is 31.4 Å². The van der Waals surface area contributed by atoms with Gasteiger partial charge in [0.1, 0.15) is 11.4 Å². The van der Waals surface area contributed by atoms with Gasteiger partial charge in [0.25, 0.3) is 17.7 Å². The molecule has 3 rings (SSSR count). The van der Waals surface area contributed by atoms with E-state index in [-0.39, 0.29) is 34.9 Å². The molecule has 0 spiro atoms. The molecule has 0 radical (unpaired) electrons. The molecule has 2 aliphatic rings. The van der Waals surface area contributed by atoms with Crippen molar-refractivity contribution in [3.8, 4) is 0 Å². The third-order valence-corrected chi connectivity index (χ3v) is 6.85. The summed E-state index contributed by atoms with van der Waals surface area (Å²) in [5, 5.41) is 18.1. The number of allylic oxidation sites excluding steroid dienone is 1. The number of carbonyl (C=O) groups is 4. The molecule has 3 heterocycles. The molecule has 18 heteroatoms. The topological polar surface area (TPSA) is 200 Å². The number of carbonyl (C=O) groups excluding carboxylic acids is 4. The molecular weight excluding hydrogens is 538 g/mol. The van der Waals surface area contributed by atoms with E-state index in [4.69, 9.17) is 5.73 Å². The lowest BCUT2D eigenvalue weighted by atomic mass is 10.0. The summed E-state index contributed by atoms with van der Waals surface area (Å²) in [6.07, 6.45) is 3.19. The van der Waals surface area contributed by atoms with Crippen LogP contribution in [0.4, 0.5) is 13.9 Å². The minimum atomic E-state index is -3.33. The van der Waals surface area contributed by atoms with Crippen LogP contribution in [0, 0.1) is 0 Å². The number of likely N-dealkylation sites (N-methyl/N-ethyl adjacent to an activating group) is 1. The normalized spacial score (nSPS) is 19.6. The first-order chi connectivity index (χ1) is 17.5. The lowest BCUT2D eigenvalue weighted by Crippen LogP contribution is -2.86. The Morgan fingerprint density at radius 2 is 2.16 bits per heavy atom. The molecule has 200 valence electrons. The first-order valence-corrected chi connectivity index (χ1v) is 12.3. The van der Waals surface area contributed by atoms with E-state index in [0.29, 0.717) is 23.7 Å². The third kappa shape index (κ3) is 6.57. The highest BCUT2D eigenvalue weighted by Crippen LogP contribution is 2.40. The Balaban J connectivity index is 1.70. The summed E-state index contributed by atoms with van der Waals surface area (Å²) >= 11 is 1.86. The zero-order valence-electron chi connectivity index (χ0n) is 19.4. The van der Waals surface area contributed by atoms with Crippen LogP contribution in [0.5, 0.6) is 0 Å². The molecule has 37 heavy (non-hydrogen) atoms. The Labute approximate surface area is 216 Å². The molecule has 1 aromatic rings. The molecule has 0 unspecified atom stereocenters. The molecule has 3 amide bonds. The second-order valence-corrected chi connectivity index (χ2v) is 9.59. The number of hydrogen-bond acceptors (Lipinski definition) is 12. The number of carboxylic acid groups (broad SMARTS) is 1. The number of hydrogen-bond donors (Lipinski definition) is 3. The lowest BCUT2D eigenvalue weighted by Gasteiger charge is -2.50. The minimum absolute atomic E-state index is 0.0625. The molecule has 0 aromatic carbocycles. The number of aliphatic carboxylic acids is 1.